The molecule has 0 bridgehead atoms. The number of para-hydroxylation sites is 1. The van der Waals surface area contributed by atoms with E-state index < -0.39 is 0 Å². The predicted molar refractivity (Wildman–Crippen MR) is 71.5 cm³/mol. The van der Waals surface area contributed by atoms with E-state index in [1.165, 1.54) is 5.56 Å². The van der Waals surface area contributed by atoms with Gasteiger partial charge in [-0.3, -0.25) is 4.79 Å². The molecule has 2 aromatic rings. The molecule has 0 aliphatic carbocycles. The Labute approximate surface area is 109 Å². The zero-order chi connectivity index (χ0) is 12.4. The van der Waals surface area contributed by atoms with Crippen molar-refractivity contribution in [1.82, 2.24) is 10.3 Å². The normalized spacial score (nSPS) is 17.0. The molecule has 1 aromatic heterocycles. The van der Waals surface area contributed by atoms with Crippen LogP contribution < -0.4 is 10.6 Å². The van der Waals surface area contributed by atoms with Crippen LogP contribution in [0, 0.1) is 0 Å². The highest BCUT2D eigenvalue weighted by Gasteiger charge is 2.25. The number of nitrogens with zero attached hydrogens (tertiary/aromatic N) is 1. The molecule has 1 aliphatic rings. The summed E-state index contributed by atoms with van der Waals surface area (Å²) in [6, 6.07) is 7.86. The van der Waals surface area contributed by atoms with Crippen LogP contribution in [0.3, 0.4) is 0 Å². The maximum absolute atomic E-state index is 12.0. The van der Waals surface area contributed by atoms with E-state index >= 15 is 0 Å². The fraction of sp³-hybridized carbons (Fsp3) is 0.231. The summed E-state index contributed by atoms with van der Waals surface area (Å²) in [6.45, 7) is 0.505. The third kappa shape index (κ3) is 2.22. The van der Waals surface area contributed by atoms with Crippen LogP contribution in [-0.4, -0.2) is 16.9 Å². The summed E-state index contributed by atoms with van der Waals surface area (Å²) in [4.78, 5) is 16.1. The van der Waals surface area contributed by atoms with Gasteiger partial charge in [0, 0.05) is 23.7 Å². The molecule has 5 heteroatoms. The van der Waals surface area contributed by atoms with Gasteiger partial charge in [-0.05, 0) is 11.6 Å². The molecule has 2 N–H and O–H groups in total. The standard InChI is InChI=1S/C13H13N3OS/c17-13(15-8-12-14-5-6-18-12)11-7-9-3-1-2-4-10(9)16-11/h1-6,11,16H,7-8H2,(H,15,17)/t11-/m0/s1. The second-order valence-electron chi connectivity index (χ2n) is 4.20. The fourth-order valence-corrected chi connectivity index (χ4v) is 2.64. The topological polar surface area (TPSA) is 54.0 Å². The number of nitrogens with one attached hydrogen (secondary N) is 2. The van der Waals surface area contributed by atoms with Crippen LogP contribution >= 0.6 is 11.3 Å². The van der Waals surface area contributed by atoms with Crippen LogP contribution in [0.15, 0.2) is 35.8 Å². The number of hydrogen-bond acceptors (Lipinski definition) is 4. The highest BCUT2D eigenvalue weighted by atomic mass is 32.1. The number of amides is 1. The number of hydrogen-bond donors (Lipinski definition) is 2. The van der Waals surface area contributed by atoms with Gasteiger partial charge >= 0.3 is 0 Å². The smallest absolute Gasteiger partial charge is 0.243 e. The van der Waals surface area contributed by atoms with Crippen molar-refractivity contribution in [2.24, 2.45) is 0 Å². The number of carbonyl (C=O) groups excluding carboxylic acids is 1. The number of aromatic nitrogens is 1. The summed E-state index contributed by atoms with van der Waals surface area (Å²) in [5.41, 5.74) is 2.26. The summed E-state index contributed by atoms with van der Waals surface area (Å²) in [7, 11) is 0. The van der Waals surface area contributed by atoms with Gasteiger partial charge < -0.3 is 10.6 Å². The van der Waals surface area contributed by atoms with Gasteiger partial charge in [-0.15, -0.1) is 11.3 Å². The van der Waals surface area contributed by atoms with Crippen molar-refractivity contribution in [3.63, 3.8) is 0 Å². The highest BCUT2D eigenvalue weighted by Crippen LogP contribution is 2.25. The summed E-state index contributed by atoms with van der Waals surface area (Å²) in [5, 5.41) is 8.98. The Bertz CT molecular complexity index is 528. The molecule has 1 aliphatic heterocycles. The SMILES string of the molecule is O=C(NCc1nccs1)[C@@H]1Cc2ccccc2N1. The second-order valence-corrected chi connectivity index (χ2v) is 5.18. The zero-order valence-corrected chi connectivity index (χ0v) is 10.5. The Morgan fingerprint density at radius 2 is 2.39 bits per heavy atom. The Kier molecular flexibility index (Phi) is 2.98. The third-order valence-corrected chi connectivity index (χ3v) is 3.76. The van der Waals surface area contributed by atoms with Crippen molar-refractivity contribution < 1.29 is 4.79 Å². The molecule has 2 heterocycles. The van der Waals surface area contributed by atoms with E-state index in [0.29, 0.717) is 6.54 Å². The first-order valence-electron chi connectivity index (χ1n) is 5.83. The van der Waals surface area contributed by atoms with E-state index in [2.05, 4.69) is 21.7 Å². The van der Waals surface area contributed by atoms with Crippen molar-refractivity contribution in [3.05, 3.63) is 46.4 Å². The monoisotopic (exact) mass is 259 g/mol. The fourth-order valence-electron chi connectivity index (χ4n) is 2.08. The molecule has 0 saturated carbocycles. The summed E-state index contributed by atoms with van der Waals surface area (Å²) in [6.07, 6.45) is 2.50. The van der Waals surface area contributed by atoms with Gasteiger partial charge in [0.1, 0.15) is 11.0 Å². The Morgan fingerprint density at radius 1 is 1.50 bits per heavy atom. The number of benzene rings is 1. The minimum atomic E-state index is -0.164. The van der Waals surface area contributed by atoms with Crippen LogP contribution in [-0.2, 0) is 17.8 Å². The van der Waals surface area contributed by atoms with E-state index in [4.69, 9.17) is 0 Å². The van der Waals surface area contributed by atoms with Crippen LogP contribution in [0.25, 0.3) is 0 Å². The summed E-state index contributed by atoms with van der Waals surface area (Å²) < 4.78 is 0. The van der Waals surface area contributed by atoms with Crippen molar-refractivity contribution in [2.45, 2.75) is 19.0 Å². The molecule has 4 nitrogen and oxygen atoms in total. The predicted octanol–water partition coefficient (Wildman–Crippen LogP) is 1.80. The van der Waals surface area contributed by atoms with Gasteiger partial charge in [0.25, 0.3) is 0 Å². The Hall–Kier alpha value is -1.88. The molecule has 0 spiro atoms. The summed E-state index contributed by atoms with van der Waals surface area (Å²) >= 11 is 1.55. The van der Waals surface area contributed by atoms with Crippen LogP contribution in [0.2, 0.25) is 0 Å². The molecule has 0 fully saturated rings. The lowest BCUT2D eigenvalue weighted by Crippen LogP contribution is -2.37. The van der Waals surface area contributed by atoms with Crippen LogP contribution in [0.5, 0.6) is 0 Å². The molecule has 0 unspecified atom stereocenters. The van der Waals surface area contributed by atoms with E-state index in [1.54, 1.807) is 17.5 Å². The van der Waals surface area contributed by atoms with Crippen LogP contribution in [0.1, 0.15) is 10.6 Å². The molecular formula is C13H13N3OS. The lowest BCUT2D eigenvalue weighted by Gasteiger charge is -2.10. The minimum Gasteiger partial charge on any atom is -0.373 e. The molecule has 0 saturated heterocycles. The van der Waals surface area contributed by atoms with Crippen molar-refractivity contribution >= 4 is 22.9 Å². The second kappa shape index (κ2) is 4.78. The Balaban J connectivity index is 1.59. The minimum absolute atomic E-state index is 0.0291. The summed E-state index contributed by atoms with van der Waals surface area (Å²) in [5.74, 6) is 0.0291. The third-order valence-electron chi connectivity index (χ3n) is 2.98. The van der Waals surface area contributed by atoms with E-state index in [1.807, 2.05) is 23.6 Å². The van der Waals surface area contributed by atoms with E-state index in [-0.39, 0.29) is 11.9 Å². The first kappa shape index (κ1) is 11.2. The van der Waals surface area contributed by atoms with Crippen molar-refractivity contribution in [1.29, 1.82) is 0 Å². The zero-order valence-electron chi connectivity index (χ0n) is 9.72. The maximum Gasteiger partial charge on any atom is 0.243 e. The van der Waals surface area contributed by atoms with Gasteiger partial charge in [-0.1, -0.05) is 18.2 Å². The van der Waals surface area contributed by atoms with E-state index in [9.17, 15) is 4.79 Å². The Morgan fingerprint density at radius 3 is 3.17 bits per heavy atom. The van der Waals surface area contributed by atoms with Gasteiger partial charge in [-0.25, -0.2) is 4.98 Å². The van der Waals surface area contributed by atoms with Gasteiger partial charge in [0.05, 0.1) is 6.54 Å². The number of fused-ring (bicyclic) bond motifs is 1. The molecule has 3 rings (SSSR count). The number of thiazole rings is 1. The molecular weight excluding hydrogens is 246 g/mol. The largest absolute Gasteiger partial charge is 0.373 e. The lowest BCUT2D eigenvalue weighted by molar-refractivity contribution is -0.121. The number of anilines is 1. The highest BCUT2D eigenvalue weighted by molar-refractivity contribution is 7.09. The van der Waals surface area contributed by atoms with Crippen molar-refractivity contribution in [2.75, 3.05) is 5.32 Å². The first-order valence-corrected chi connectivity index (χ1v) is 6.71. The molecule has 92 valence electrons. The maximum atomic E-state index is 12.0. The first-order chi connectivity index (χ1) is 8.83. The molecule has 1 atom stereocenters. The average molecular weight is 259 g/mol. The van der Waals surface area contributed by atoms with E-state index in [0.717, 1.165) is 17.1 Å². The lowest BCUT2D eigenvalue weighted by atomic mass is 10.1. The molecule has 1 amide bonds. The van der Waals surface area contributed by atoms with Crippen LogP contribution in [0.4, 0.5) is 5.69 Å². The quantitative estimate of drug-likeness (QED) is 0.883. The molecule has 18 heavy (non-hydrogen) atoms. The molecule has 1 aromatic carbocycles. The van der Waals surface area contributed by atoms with Gasteiger partial charge in [-0.2, -0.15) is 0 Å². The average Bonchev–Trinajstić information content (AvgIpc) is 3.04. The number of carbonyl (C=O) groups is 1. The van der Waals surface area contributed by atoms with Gasteiger partial charge in [0.2, 0.25) is 5.91 Å². The molecule has 0 radical (unpaired) electrons. The van der Waals surface area contributed by atoms with Crippen molar-refractivity contribution in [3.8, 4) is 0 Å². The van der Waals surface area contributed by atoms with Gasteiger partial charge in [0.15, 0.2) is 0 Å². The number of rotatable bonds is 3.